The van der Waals surface area contributed by atoms with Crippen LogP contribution in [0.4, 0.5) is 5.69 Å². The lowest BCUT2D eigenvalue weighted by Crippen LogP contribution is -2.27. The Balaban J connectivity index is 1.81. The van der Waals surface area contributed by atoms with Crippen LogP contribution in [-0.4, -0.2) is 29.6 Å². The predicted molar refractivity (Wildman–Crippen MR) is 95.9 cm³/mol. The molecule has 0 spiro atoms. The molecule has 7 heteroatoms. The van der Waals surface area contributed by atoms with Crippen LogP contribution in [0.1, 0.15) is 24.1 Å². The molecule has 7 nitrogen and oxygen atoms in total. The van der Waals surface area contributed by atoms with Gasteiger partial charge in [0, 0.05) is 13.1 Å². The quantitative estimate of drug-likeness (QED) is 0.466. The van der Waals surface area contributed by atoms with E-state index in [0.717, 1.165) is 5.56 Å². The molecule has 1 aliphatic rings. The molecule has 0 radical (unpaired) electrons. The summed E-state index contributed by atoms with van der Waals surface area (Å²) in [6, 6.07) is 12.3. The molecule has 0 aliphatic carbocycles. The molecular formula is C19H18N2O5. The fourth-order valence-electron chi connectivity index (χ4n) is 2.66. The predicted octanol–water partition coefficient (Wildman–Crippen LogP) is 3.56. The van der Waals surface area contributed by atoms with Gasteiger partial charge in [0.05, 0.1) is 22.6 Å². The topological polar surface area (TPSA) is 81.9 Å². The molecule has 2 aromatic rings. The highest BCUT2D eigenvalue weighted by Gasteiger charge is 2.22. The molecule has 0 saturated carbocycles. The molecule has 134 valence electrons. The van der Waals surface area contributed by atoms with Gasteiger partial charge in [0.2, 0.25) is 12.7 Å². The van der Waals surface area contributed by atoms with Crippen molar-refractivity contribution < 1.29 is 19.2 Å². The average molecular weight is 354 g/mol. The van der Waals surface area contributed by atoms with Crippen molar-refractivity contribution in [3.05, 3.63) is 69.8 Å². The minimum absolute atomic E-state index is 0.0237. The summed E-state index contributed by atoms with van der Waals surface area (Å²) in [5, 5.41) is 11.3. The van der Waals surface area contributed by atoms with Gasteiger partial charge in [-0.05, 0) is 24.6 Å². The molecule has 1 amide bonds. The Morgan fingerprint density at radius 2 is 1.88 bits per heavy atom. The highest BCUT2D eigenvalue weighted by atomic mass is 16.7. The number of nitro benzene ring substituents is 1. The standard InChI is InChI=1S/C19H18N2O5/c1-13(14-6-4-3-5-7-14)20(2)19(22)9-8-15-10-17-18(26-12-25-17)11-16(15)21(23)24/h3-11,13H,12H2,1-2H3/b9-8+. The minimum Gasteiger partial charge on any atom is -0.454 e. The number of nitrogens with zero attached hydrogens (tertiary/aromatic N) is 2. The van der Waals surface area contributed by atoms with Crippen LogP contribution in [0.15, 0.2) is 48.5 Å². The third-order valence-corrected chi connectivity index (χ3v) is 4.33. The van der Waals surface area contributed by atoms with Crippen LogP contribution < -0.4 is 9.47 Å². The van der Waals surface area contributed by atoms with Crippen molar-refractivity contribution in [1.82, 2.24) is 4.90 Å². The zero-order chi connectivity index (χ0) is 18.7. The Bertz CT molecular complexity index is 864. The van der Waals surface area contributed by atoms with Gasteiger partial charge in [-0.2, -0.15) is 0 Å². The Kier molecular flexibility index (Phi) is 4.88. The minimum atomic E-state index is -0.511. The van der Waals surface area contributed by atoms with E-state index in [0.29, 0.717) is 11.5 Å². The van der Waals surface area contributed by atoms with Gasteiger partial charge in [-0.25, -0.2) is 0 Å². The lowest BCUT2D eigenvalue weighted by Gasteiger charge is -2.24. The highest BCUT2D eigenvalue weighted by Crippen LogP contribution is 2.38. The zero-order valence-corrected chi connectivity index (χ0v) is 14.4. The summed E-state index contributed by atoms with van der Waals surface area (Å²) in [7, 11) is 1.69. The normalized spacial score (nSPS) is 13.6. The fraction of sp³-hybridized carbons (Fsp3) is 0.211. The van der Waals surface area contributed by atoms with E-state index in [1.807, 2.05) is 37.3 Å². The van der Waals surface area contributed by atoms with Crippen molar-refractivity contribution in [3.8, 4) is 11.5 Å². The van der Waals surface area contributed by atoms with Crippen LogP contribution >= 0.6 is 0 Å². The van der Waals surface area contributed by atoms with E-state index in [-0.39, 0.29) is 30.0 Å². The maximum Gasteiger partial charge on any atom is 0.280 e. The molecule has 26 heavy (non-hydrogen) atoms. The summed E-state index contributed by atoms with van der Waals surface area (Å²) in [6.07, 6.45) is 2.75. The van der Waals surface area contributed by atoms with Gasteiger partial charge in [0.15, 0.2) is 11.5 Å². The summed E-state index contributed by atoms with van der Waals surface area (Å²) < 4.78 is 10.4. The number of benzene rings is 2. The number of likely N-dealkylation sites (N-methyl/N-ethyl adjacent to an activating group) is 1. The first-order chi connectivity index (χ1) is 12.5. The lowest BCUT2D eigenvalue weighted by atomic mass is 10.1. The Labute approximate surface area is 150 Å². The number of fused-ring (bicyclic) bond motifs is 1. The van der Waals surface area contributed by atoms with Crippen molar-refractivity contribution in [3.63, 3.8) is 0 Å². The van der Waals surface area contributed by atoms with Gasteiger partial charge >= 0.3 is 0 Å². The van der Waals surface area contributed by atoms with Crippen molar-refractivity contribution in [2.75, 3.05) is 13.8 Å². The number of carbonyl (C=O) groups is 1. The van der Waals surface area contributed by atoms with Crippen LogP contribution in [0.3, 0.4) is 0 Å². The first-order valence-corrected chi connectivity index (χ1v) is 8.05. The summed E-state index contributed by atoms with van der Waals surface area (Å²) in [4.78, 5) is 24.8. The van der Waals surface area contributed by atoms with Crippen LogP contribution in [0.5, 0.6) is 11.5 Å². The molecule has 2 aromatic carbocycles. The van der Waals surface area contributed by atoms with E-state index in [1.165, 1.54) is 24.3 Å². The largest absolute Gasteiger partial charge is 0.454 e. The van der Waals surface area contributed by atoms with Crippen molar-refractivity contribution >= 4 is 17.7 Å². The first kappa shape index (κ1) is 17.5. The Morgan fingerprint density at radius 3 is 2.54 bits per heavy atom. The molecule has 1 atom stereocenters. The van der Waals surface area contributed by atoms with Gasteiger partial charge in [-0.1, -0.05) is 30.3 Å². The molecule has 0 saturated heterocycles. The molecule has 1 unspecified atom stereocenters. The highest BCUT2D eigenvalue weighted by molar-refractivity contribution is 5.92. The van der Waals surface area contributed by atoms with Crippen molar-refractivity contribution in [2.45, 2.75) is 13.0 Å². The third-order valence-electron chi connectivity index (χ3n) is 4.33. The summed E-state index contributed by atoms with van der Waals surface area (Å²) in [5.41, 5.74) is 1.15. The monoisotopic (exact) mass is 354 g/mol. The number of hydrogen-bond donors (Lipinski definition) is 0. The van der Waals surface area contributed by atoms with E-state index in [9.17, 15) is 14.9 Å². The Morgan fingerprint density at radius 1 is 1.23 bits per heavy atom. The number of rotatable bonds is 5. The SMILES string of the molecule is CC(c1ccccc1)N(C)C(=O)/C=C/c1cc2c(cc1[N+](=O)[O-])OCO2. The maximum atomic E-state index is 12.5. The molecule has 0 bridgehead atoms. The second kappa shape index (κ2) is 7.26. The van der Waals surface area contributed by atoms with Gasteiger partial charge in [-0.15, -0.1) is 0 Å². The molecular weight excluding hydrogens is 336 g/mol. The number of amides is 1. The Hall–Kier alpha value is -3.35. The van der Waals surface area contributed by atoms with Gasteiger partial charge in [0.1, 0.15) is 0 Å². The molecule has 1 heterocycles. The fourth-order valence-corrected chi connectivity index (χ4v) is 2.66. The number of ether oxygens (including phenoxy) is 2. The third kappa shape index (κ3) is 3.51. The van der Waals surface area contributed by atoms with E-state index < -0.39 is 4.92 Å². The van der Waals surface area contributed by atoms with E-state index in [1.54, 1.807) is 11.9 Å². The van der Waals surface area contributed by atoms with Crippen molar-refractivity contribution in [2.24, 2.45) is 0 Å². The number of nitro groups is 1. The number of hydrogen-bond acceptors (Lipinski definition) is 5. The van der Waals surface area contributed by atoms with Crippen LogP contribution in [0.2, 0.25) is 0 Å². The maximum absolute atomic E-state index is 12.5. The zero-order valence-electron chi connectivity index (χ0n) is 14.4. The van der Waals surface area contributed by atoms with Crippen LogP contribution in [0, 0.1) is 10.1 Å². The molecule has 3 rings (SSSR count). The second-order valence-electron chi connectivity index (χ2n) is 5.89. The molecule has 1 aliphatic heterocycles. The van der Waals surface area contributed by atoms with Gasteiger partial charge in [0.25, 0.3) is 5.69 Å². The molecule has 0 fully saturated rings. The van der Waals surface area contributed by atoms with Gasteiger partial charge < -0.3 is 14.4 Å². The van der Waals surface area contributed by atoms with E-state index >= 15 is 0 Å². The summed E-state index contributed by atoms with van der Waals surface area (Å²) in [6.45, 7) is 1.94. The lowest BCUT2D eigenvalue weighted by molar-refractivity contribution is -0.385. The molecule has 0 aromatic heterocycles. The van der Waals surface area contributed by atoms with E-state index in [2.05, 4.69) is 0 Å². The smallest absolute Gasteiger partial charge is 0.280 e. The van der Waals surface area contributed by atoms with E-state index in [4.69, 9.17) is 9.47 Å². The molecule has 0 N–H and O–H groups in total. The summed E-state index contributed by atoms with van der Waals surface area (Å²) >= 11 is 0. The summed E-state index contributed by atoms with van der Waals surface area (Å²) in [5.74, 6) is 0.497. The van der Waals surface area contributed by atoms with Crippen LogP contribution in [-0.2, 0) is 4.79 Å². The van der Waals surface area contributed by atoms with Crippen molar-refractivity contribution in [1.29, 1.82) is 0 Å². The average Bonchev–Trinajstić information content (AvgIpc) is 3.12. The number of carbonyl (C=O) groups excluding carboxylic acids is 1. The first-order valence-electron chi connectivity index (χ1n) is 8.05. The second-order valence-corrected chi connectivity index (χ2v) is 5.89. The van der Waals surface area contributed by atoms with Gasteiger partial charge in [-0.3, -0.25) is 14.9 Å². The van der Waals surface area contributed by atoms with Crippen LogP contribution in [0.25, 0.3) is 6.08 Å².